The Balaban J connectivity index is 3.83. The van der Waals surface area contributed by atoms with Gasteiger partial charge >= 0.3 is 11.9 Å². The number of nitrogens with one attached hydrogen (secondary N) is 1. The van der Waals surface area contributed by atoms with Crippen LogP contribution in [0.2, 0.25) is 0 Å². The van der Waals surface area contributed by atoms with Crippen LogP contribution in [0.5, 0.6) is 0 Å². The van der Waals surface area contributed by atoms with Crippen molar-refractivity contribution in [2.45, 2.75) is 109 Å². The third kappa shape index (κ3) is 14.6. The standard InChI is InChI=1S/C21H41N3O4/c1-3-4-5-6-7-8-9-10-11-15-19(25)24-17(2)20(26)28-21(27)18(23)14-12-13-16-22/h17-18H,3-16,22-23H2,1-2H3,(H,24,25)/t17-,18-/m0/s1. The number of carbonyl (C=O) groups is 3. The van der Waals surface area contributed by atoms with E-state index >= 15 is 0 Å². The second-order valence-corrected chi connectivity index (χ2v) is 7.50. The maximum atomic E-state index is 11.9. The van der Waals surface area contributed by atoms with Crippen molar-refractivity contribution >= 4 is 17.8 Å². The van der Waals surface area contributed by atoms with Crippen LogP contribution in [-0.2, 0) is 19.1 Å². The Morgan fingerprint density at radius 3 is 2.00 bits per heavy atom. The maximum Gasteiger partial charge on any atom is 0.336 e. The number of hydrogen-bond donors (Lipinski definition) is 3. The second-order valence-electron chi connectivity index (χ2n) is 7.50. The molecule has 0 rings (SSSR count). The SMILES string of the molecule is CCCCCCCCCCCC(=O)N[C@@H](C)C(=O)OC(=O)[C@@H](N)CCCCN. The molecule has 0 radical (unpaired) electrons. The third-order valence-corrected chi connectivity index (χ3v) is 4.71. The molecular formula is C21H41N3O4. The minimum absolute atomic E-state index is 0.202. The lowest BCUT2D eigenvalue weighted by molar-refractivity contribution is -0.162. The minimum atomic E-state index is -0.869. The highest BCUT2D eigenvalue weighted by Gasteiger charge is 2.23. The van der Waals surface area contributed by atoms with Gasteiger partial charge in [0.05, 0.1) is 0 Å². The minimum Gasteiger partial charge on any atom is -0.390 e. The number of carbonyl (C=O) groups excluding carboxylic acids is 3. The van der Waals surface area contributed by atoms with Crippen molar-refractivity contribution in [3.05, 3.63) is 0 Å². The lowest BCUT2D eigenvalue weighted by Gasteiger charge is -2.14. The molecule has 0 saturated carbocycles. The first kappa shape index (κ1) is 26.5. The fraction of sp³-hybridized carbons (Fsp3) is 0.857. The Kier molecular flexibility index (Phi) is 16.7. The van der Waals surface area contributed by atoms with Crippen molar-refractivity contribution in [1.82, 2.24) is 5.32 Å². The van der Waals surface area contributed by atoms with Crippen molar-refractivity contribution in [2.24, 2.45) is 11.5 Å². The Labute approximate surface area is 170 Å². The van der Waals surface area contributed by atoms with Crippen LogP contribution in [0.3, 0.4) is 0 Å². The first-order chi connectivity index (χ1) is 13.4. The lowest BCUT2D eigenvalue weighted by atomic mass is 10.1. The molecule has 0 aromatic heterocycles. The summed E-state index contributed by atoms with van der Waals surface area (Å²) in [6, 6.07) is -1.72. The zero-order valence-corrected chi connectivity index (χ0v) is 17.8. The zero-order chi connectivity index (χ0) is 21.2. The normalized spacial score (nSPS) is 13.0. The highest BCUT2D eigenvalue weighted by Crippen LogP contribution is 2.10. The summed E-state index contributed by atoms with van der Waals surface area (Å²) in [6.45, 7) is 4.25. The predicted octanol–water partition coefficient (Wildman–Crippen LogP) is 2.94. The molecule has 1 amide bonds. The van der Waals surface area contributed by atoms with Crippen LogP contribution in [-0.4, -0.2) is 36.5 Å². The summed E-state index contributed by atoms with van der Waals surface area (Å²) in [6.07, 6.45) is 12.9. The molecular weight excluding hydrogens is 358 g/mol. The molecule has 0 spiro atoms. The molecule has 0 aromatic carbocycles. The predicted molar refractivity (Wildman–Crippen MR) is 111 cm³/mol. The fourth-order valence-electron chi connectivity index (χ4n) is 2.86. The van der Waals surface area contributed by atoms with E-state index in [0.29, 0.717) is 25.8 Å². The van der Waals surface area contributed by atoms with Crippen LogP contribution in [0.25, 0.3) is 0 Å². The van der Waals surface area contributed by atoms with Crippen molar-refractivity contribution in [3.63, 3.8) is 0 Å². The molecule has 0 fully saturated rings. The molecule has 0 aromatic rings. The smallest absolute Gasteiger partial charge is 0.336 e. The fourth-order valence-corrected chi connectivity index (χ4v) is 2.86. The van der Waals surface area contributed by atoms with E-state index in [2.05, 4.69) is 12.2 Å². The summed E-state index contributed by atoms with van der Waals surface area (Å²) in [5, 5.41) is 2.58. The van der Waals surface area contributed by atoms with Gasteiger partial charge in [-0.25, -0.2) is 9.59 Å². The lowest BCUT2D eigenvalue weighted by Crippen LogP contribution is -2.42. The second kappa shape index (κ2) is 17.6. The Morgan fingerprint density at radius 2 is 1.43 bits per heavy atom. The summed E-state index contributed by atoms with van der Waals surface area (Å²) in [5.41, 5.74) is 11.1. The molecule has 164 valence electrons. The first-order valence-corrected chi connectivity index (χ1v) is 10.9. The molecule has 7 heteroatoms. The molecule has 0 aliphatic heterocycles. The largest absolute Gasteiger partial charge is 0.390 e. The Hall–Kier alpha value is -1.47. The monoisotopic (exact) mass is 399 g/mol. The molecule has 0 bridgehead atoms. The van der Waals surface area contributed by atoms with Crippen molar-refractivity contribution in [3.8, 4) is 0 Å². The highest BCUT2D eigenvalue weighted by molar-refractivity contribution is 5.92. The molecule has 0 unspecified atom stereocenters. The van der Waals surface area contributed by atoms with Gasteiger partial charge in [-0.3, -0.25) is 4.79 Å². The molecule has 28 heavy (non-hydrogen) atoms. The van der Waals surface area contributed by atoms with Gasteiger partial charge in [-0.1, -0.05) is 64.7 Å². The molecule has 0 aliphatic carbocycles. The quantitative estimate of drug-likeness (QED) is 0.196. The van der Waals surface area contributed by atoms with E-state index < -0.39 is 24.0 Å². The van der Waals surface area contributed by atoms with E-state index in [1.165, 1.54) is 45.4 Å². The Morgan fingerprint density at radius 1 is 0.857 bits per heavy atom. The number of ether oxygens (including phenoxy) is 1. The number of hydrogen-bond acceptors (Lipinski definition) is 6. The van der Waals surface area contributed by atoms with Gasteiger partial charge in [-0.05, 0) is 32.7 Å². The van der Waals surface area contributed by atoms with E-state index in [1.54, 1.807) is 0 Å². The maximum absolute atomic E-state index is 11.9. The van der Waals surface area contributed by atoms with Crippen LogP contribution in [0.15, 0.2) is 0 Å². The van der Waals surface area contributed by atoms with Crippen LogP contribution in [0.4, 0.5) is 0 Å². The van der Waals surface area contributed by atoms with Gasteiger partial charge in [-0.15, -0.1) is 0 Å². The van der Waals surface area contributed by atoms with Crippen LogP contribution < -0.4 is 16.8 Å². The van der Waals surface area contributed by atoms with Gasteiger partial charge in [-0.2, -0.15) is 0 Å². The summed E-state index contributed by atoms with van der Waals surface area (Å²) in [4.78, 5) is 35.6. The van der Waals surface area contributed by atoms with E-state index in [0.717, 1.165) is 25.7 Å². The van der Waals surface area contributed by atoms with Gasteiger partial charge in [0, 0.05) is 6.42 Å². The third-order valence-electron chi connectivity index (χ3n) is 4.71. The average Bonchev–Trinajstić information content (AvgIpc) is 2.66. The number of rotatable bonds is 17. The Bertz CT molecular complexity index is 443. The van der Waals surface area contributed by atoms with E-state index in [4.69, 9.17) is 16.2 Å². The molecule has 0 aliphatic rings. The summed E-state index contributed by atoms with van der Waals surface area (Å²) in [7, 11) is 0. The van der Waals surface area contributed by atoms with E-state index in [1.807, 2.05) is 0 Å². The van der Waals surface area contributed by atoms with E-state index in [-0.39, 0.29) is 5.91 Å². The van der Waals surface area contributed by atoms with Crippen molar-refractivity contribution < 1.29 is 19.1 Å². The van der Waals surface area contributed by atoms with Crippen LogP contribution in [0.1, 0.15) is 97.3 Å². The van der Waals surface area contributed by atoms with Crippen molar-refractivity contribution in [2.75, 3.05) is 6.54 Å². The highest BCUT2D eigenvalue weighted by atomic mass is 16.6. The summed E-state index contributed by atoms with van der Waals surface area (Å²) >= 11 is 0. The first-order valence-electron chi connectivity index (χ1n) is 10.9. The van der Waals surface area contributed by atoms with Gasteiger partial charge in [0.25, 0.3) is 0 Å². The molecule has 2 atom stereocenters. The summed E-state index contributed by atoms with van der Waals surface area (Å²) in [5.74, 6) is -1.74. The number of nitrogens with two attached hydrogens (primary N) is 2. The topological polar surface area (TPSA) is 125 Å². The van der Waals surface area contributed by atoms with Gasteiger partial charge < -0.3 is 21.5 Å². The average molecular weight is 400 g/mol. The van der Waals surface area contributed by atoms with Gasteiger partial charge in [0.15, 0.2) is 0 Å². The molecule has 0 saturated heterocycles. The number of amides is 1. The summed E-state index contributed by atoms with van der Waals surface area (Å²) < 4.78 is 4.75. The van der Waals surface area contributed by atoms with Crippen LogP contribution >= 0.6 is 0 Å². The molecule has 7 nitrogen and oxygen atoms in total. The molecule has 5 N–H and O–H groups in total. The van der Waals surface area contributed by atoms with Crippen molar-refractivity contribution in [1.29, 1.82) is 0 Å². The number of unbranched alkanes of at least 4 members (excludes halogenated alkanes) is 9. The van der Waals surface area contributed by atoms with Gasteiger partial charge in [0.1, 0.15) is 12.1 Å². The van der Waals surface area contributed by atoms with Gasteiger partial charge in [0.2, 0.25) is 5.91 Å². The molecule has 0 heterocycles. The van der Waals surface area contributed by atoms with Crippen LogP contribution in [0, 0.1) is 0 Å². The zero-order valence-electron chi connectivity index (χ0n) is 17.8. The number of esters is 2. The van der Waals surface area contributed by atoms with E-state index in [9.17, 15) is 14.4 Å².